The summed E-state index contributed by atoms with van der Waals surface area (Å²) in [4.78, 5) is 0.965. The van der Waals surface area contributed by atoms with Crippen molar-refractivity contribution < 1.29 is 5.11 Å². The lowest BCUT2D eigenvalue weighted by Gasteiger charge is -2.05. The second-order valence-corrected chi connectivity index (χ2v) is 5.24. The zero-order chi connectivity index (χ0) is 12.4. The van der Waals surface area contributed by atoms with Crippen molar-refractivity contribution in [3.05, 3.63) is 40.5 Å². The summed E-state index contributed by atoms with van der Waals surface area (Å²) in [6, 6.07) is 7.59. The van der Waals surface area contributed by atoms with E-state index in [1.165, 1.54) is 0 Å². The lowest BCUT2D eigenvalue weighted by atomic mass is 10.2. The number of aliphatic hydroxyl groups is 1. The van der Waals surface area contributed by atoms with Crippen LogP contribution in [0, 0.1) is 6.92 Å². The van der Waals surface area contributed by atoms with Crippen LogP contribution in [0.5, 0.6) is 0 Å². The second-order valence-electron chi connectivity index (χ2n) is 3.77. The maximum atomic E-state index is 9.01. The highest BCUT2D eigenvalue weighted by atomic mass is 35.5. The molecule has 0 fully saturated rings. The Labute approximate surface area is 109 Å². The molecule has 0 aliphatic rings. The zero-order valence-corrected chi connectivity index (χ0v) is 11.2. The van der Waals surface area contributed by atoms with Gasteiger partial charge >= 0.3 is 0 Å². The maximum absolute atomic E-state index is 9.01. The van der Waals surface area contributed by atoms with Crippen molar-refractivity contribution >= 4 is 23.4 Å². The highest BCUT2D eigenvalue weighted by Gasteiger charge is 2.08. The van der Waals surface area contributed by atoms with Gasteiger partial charge in [-0.15, -0.1) is 0 Å². The molecule has 0 bridgehead atoms. The molecule has 5 heteroatoms. The molecule has 0 saturated heterocycles. The van der Waals surface area contributed by atoms with Gasteiger partial charge in [-0.3, -0.25) is 4.68 Å². The maximum Gasteiger partial charge on any atom is 0.0987 e. The third-order valence-corrected chi connectivity index (χ3v) is 3.94. The quantitative estimate of drug-likeness (QED) is 0.930. The number of halogens is 1. The summed E-state index contributed by atoms with van der Waals surface area (Å²) in [5.41, 5.74) is 1.80. The number of aliphatic hydroxyl groups excluding tert-OH is 1. The van der Waals surface area contributed by atoms with Crippen molar-refractivity contribution in [1.29, 1.82) is 0 Å². The molecule has 0 radical (unpaired) electrons. The number of hydrogen-bond acceptors (Lipinski definition) is 3. The van der Waals surface area contributed by atoms with Gasteiger partial charge in [-0.2, -0.15) is 5.10 Å². The molecule has 1 aromatic heterocycles. The molecule has 0 aliphatic heterocycles. The van der Waals surface area contributed by atoms with E-state index in [1.54, 1.807) is 17.8 Å². The summed E-state index contributed by atoms with van der Waals surface area (Å²) in [5.74, 6) is 0. The minimum Gasteiger partial charge on any atom is -0.392 e. The van der Waals surface area contributed by atoms with Crippen LogP contribution in [0.3, 0.4) is 0 Å². The first kappa shape index (κ1) is 12.5. The molecule has 1 aromatic carbocycles. The van der Waals surface area contributed by atoms with Crippen LogP contribution in [-0.4, -0.2) is 14.9 Å². The normalized spacial score (nSPS) is 10.8. The van der Waals surface area contributed by atoms with Gasteiger partial charge in [0, 0.05) is 11.9 Å². The molecule has 0 amide bonds. The molecule has 1 N–H and O–H groups in total. The molecule has 90 valence electrons. The number of rotatable bonds is 3. The van der Waals surface area contributed by atoms with Gasteiger partial charge < -0.3 is 5.11 Å². The average Bonchev–Trinajstić information content (AvgIpc) is 2.60. The molecule has 3 nitrogen and oxygen atoms in total. The summed E-state index contributed by atoms with van der Waals surface area (Å²) in [7, 11) is 1.91. The molecule has 1 heterocycles. The number of aromatic nitrogens is 2. The van der Waals surface area contributed by atoms with E-state index in [0.29, 0.717) is 5.02 Å². The van der Waals surface area contributed by atoms with E-state index < -0.39 is 0 Å². The minimum absolute atomic E-state index is 0.00941. The van der Waals surface area contributed by atoms with Gasteiger partial charge in [-0.1, -0.05) is 29.4 Å². The van der Waals surface area contributed by atoms with E-state index in [1.807, 2.05) is 36.9 Å². The fourth-order valence-corrected chi connectivity index (χ4v) is 2.76. The van der Waals surface area contributed by atoms with E-state index in [4.69, 9.17) is 16.7 Å². The second kappa shape index (κ2) is 5.12. The molecular formula is C12H13ClN2OS. The lowest BCUT2D eigenvalue weighted by Crippen LogP contribution is -1.92. The molecule has 0 saturated carbocycles. The van der Waals surface area contributed by atoms with E-state index in [-0.39, 0.29) is 6.61 Å². The van der Waals surface area contributed by atoms with Crippen LogP contribution in [0.2, 0.25) is 5.02 Å². The number of hydrogen-bond donors (Lipinski definition) is 1. The van der Waals surface area contributed by atoms with E-state index in [2.05, 4.69) is 5.10 Å². The highest BCUT2D eigenvalue weighted by molar-refractivity contribution is 7.99. The predicted molar refractivity (Wildman–Crippen MR) is 69.4 cm³/mol. The molecule has 2 aromatic rings. The van der Waals surface area contributed by atoms with Crippen molar-refractivity contribution in [2.75, 3.05) is 0 Å². The average molecular weight is 269 g/mol. The van der Waals surface area contributed by atoms with Crippen LogP contribution in [0.15, 0.2) is 34.2 Å². The van der Waals surface area contributed by atoms with Crippen molar-refractivity contribution in [1.82, 2.24) is 9.78 Å². The Bertz CT molecular complexity index is 539. The highest BCUT2D eigenvalue weighted by Crippen LogP contribution is 2.33. The molecule has 0 atom stereocenters. The van der Waals surface area contributed by atoms with Gasteiger partial charge in [-0.05, 0) is 30.7 Å². The fourth-order valence-electron chi connectivity index (χ4n) is 1.52. The van der Waals surface area contributed by atoms with E-state index in [9.17, 15) is 0 Å². The number of nitrogens with zero attached hydrogens (tertiary/aromatic N) is 2. The van der Waals surface area contributed by atoms with Gasteiger partial charge in [0.05, 0.1) is 22.3 Å². The smallest absolute Gasteiger partial charge is 0.0987 e. The first-order valence-corrected chi connectivity index (χ1v) is 6.37. The molecule has 17 heavy (non-hydrogen) atoms. The van der Waals surface area contributed by atoms with Gasteiger partial charge in [0.15, 0.2) is 0 Å². The van der Waals surface area contributed by atoms with Crippen LogP contribution in [0.1, 0.15) is 11.3 Å². The number of benzene rings is 1. The van der Waals surface area contributed by atoms with Crippen LogP contribution >= 0.6 is 23.4 Å². The largest absolute Gasteiger partial charge is 0.392 e. The lowest BCUT2D eigenvalue weighted by molar-refractivity contribution is 0.282. The third kappa shape index (κ3) is 2.83. The zero-order valence-electron chi connectivity index (χ0n) is 9.64. The first-order valence-electron chi connectivity index (χ1n) is 5.18. The molecule has 2 rings (SSSR count). The monoisotopic (exact) mass is 268 g/mol. The Morgan fingerprint density at radius 1 is 1.41 bits per heavy atom. The van der Waals surface area contributed by atoms with Gasteiger partial charge in [-0.25, -0.2) is 0 Å². The molecule has 0 spiro atoms. The number of aryl methyl sites for hydroxylation is 2. The topological polar surface area (TPSA) is 38.0 Å². The van der Waals surface area contributed by atoms with E-state index in [0.717, 1.165) is 21.2 Å². The first-order chi connectivity index (χ1) is 8.10. The predicted octanol–water partition coefficient (Wildman–Crippen LogP) is 3.03. The van der Waals surface area contributed by atoms with E-state index >= 15 is 0 Å². The Morgan fingerprint density at radius 2 is 2.18 bits per heavy atom. The molecule has 0 aliphatic carbocycles. The van der Waals surface area contributed by atoms with Crippen LogP contribution in [0.25, 0.3) is 0 Å². The van der Waals surface area contributed by atoms with Crippen molar-refractivity contribution in [3.63, 3.8) is 0 Å². The fraction of sp³-hybridized carbons (Fsp3) is 0.250. The summed E-state index contributed by atoms with van der Waals surface area (Å²) in [6.07, 6.45) is 0. The minimum atomic E-state index is 0.00941. The van der Waals surface area contributed by atoms with Crippen molar-refractivity contribution in [3.8, 4) is 0 Å². The summed E-state index contributed by atoms with van der Waals surface area (Å²) in [5, 5.41) is 15.0. The van der Waals surface area contributed by atoms with Crippen LogP contribution < -0.4 is 0 Å². The SMILES string of the molecule is Cc1cc(Sc2ccc(CO)cc2Cl)n(C)n1. The molecule has 0 unspecified atom stereocenters. The van der Waals surface area contributed by atoms with Gasteiger partial charge in [0.25, 0.3) is 0 Å². The Balaban J connectivity index is 2.27. The van der Waals surface area contributed by atoms with Gasteiger partial charge in [0.1, 0.15) is 0 Å². The summed E-state index contributed by atoms with van der Waals surface area (Å²) < 4.78 is 1.83. The standard InChI is InChI=1S/C12H13ClN2OS/c1-8-5-12(15(2)14-8)17-11-4-3-9(7-16)6-10(11)13/h3-6,16H,7H2,1-2H3. The summed E-state index contributed by atoms with van der Waals surface area (Å²) in [6.45, 7) is 1.97. The Morgan fingerprint density at radius 3 is 2.71 bits per heavy atom. The van der Waals surface area contributed by atoms with Crippen LogP contribution in [0.4, 0.5) is 0 Å². The van der Waals surface area contributed by atoms with Crippen molar-refractivity contribution in [2.24, 2.45) is 7.05 Å². The van der Waals surface area contributed by atoms with Gasteiger partial charge in [0.2, 0.25) is 0 Å². The molecular weight excluding hydrogens is 256 g/mol. The third-order valence-electron chi connectivity index (χ3n) is 2.35. The Kier molecular flexibility index (Phi) is 3.76. The Hall–Kier alpha value is -0.970. The van der Waals surface area contributed by atoms with Crippen LogP contribution in [-0.2, 0) is 13.7 Å². The summed E-state index contributed by atoms with van der Waals surface area (Å²) >= 11 is 7.72. The van der Waals surface area contributed by atoms with Crippen molar-refractivity contribution in [2.45, 2.75) is 23.5 Å².